The Morgan fingerprint density at radius 2 is 1.92 bits per heavy atom. The molecule has 1 amide bonds. The van der Waals surface area contributed by atoms with Crippen LogP contribution in [0.2, 0.25) is 0 Å². The monoisotopic (exact) mass is 181 g/mol. The molecule has 0 radical (unpaired) electrons. The summed E-state index contributed by atoms with van der Waals surface area (Å²) < 4.78 is 4.90. The molecule has 0 saturated carbocycles. The second-order valence-electron chi connectivity index (χ2n) is 2.51. The van der Waals surface area contributed by atoms with Crippen LogP contribution < -0.4 is 21.9 Å². The fourth-order valence-corrected chi connectivity index (χ4v) is 1.01. The number of primary amides is 1. The lowest BCUT2D eigenvalue weighted by atomic mass is 10.1. The van der Waals surface area contributed by atoms with Gasteiger partial charge in [-0.2, -0.15) is 0 Å². The molecule has 0 aliphatic heterocycles. The Balaban J connectivity index is 3.31. The van der Waals surface area contributed by atoms with Crippen molar-refractivity contribution in [2.75, 3.05) is 18.6 Å². The number of methoxy groups -OCH3 is 1. The minimum Gasteiger partial charge on any atom is -0.495 e. The van der Waals surface area contributed by atoms with Crippen molar-refractivity contribution in [3.63, 3.8) is 0 Å². The van der Waals surface area contributed by atoms with Crippen molar-refractivity contribution in [1.29, 1.82) is 0 Å². The molecule has 5 heteroatoms. The zero-order valence-corrected chi connectivity index (χ0v) is 7.20. The molecule has 0 spiro atoms. The molecule has 0 atom stereocenters. The molecule has 0 fully saturated rings. The summed E-state index contributed by atoms with van der Waals surface area (Å²) in [6, 6.07) is 3.03. The van der Waals surface area contributed by atoms with Crippen LogP contribution in [0.5, 0.6) is 5.75 Å². The zero-order chi connectivity index (χ0) is 10.0. The van der Waals surface area contributed by atoms with Crippen LogP contribution in [0.15, 0.2) is 12.1 Å². The molecular formula is C8H11N3O2. The maximum atomic E-state index is 10.8. The van der Waals surface area contributed by atoms with Gasteiger partial charge in [-0.05, 0) is 12.1 Å². The van der Waals surface area contributed by atoms with Crippen LogP contribution in [0.25, 0.3) is 0 Å². The van der Waals surface area contributed by atoms with E-state index < -0.39 is 5.91 Å². The Bertz CT molecular complexity index is 349. The van der Waals surface area contributed by atoms with E-state index in [2.05, 4.69) is 0 Å². The molecule has 6 N–H and O–H groups in total. The molecule has 0 bridgehead atoms. The average Bonchev–Trinajstić information content (AvgIpc) is 2.09. The minimum absolute atomic E-state index is 0.159. The maximum absolute atomic E-state index is 10.8. The fraction of sp³-hybridized carbons (Fsp3) is 0.125. The Hall–Kier alpha value is -1.91. The number of carbonyl (C=O) groups is 1. The summed E-state index contributed by atoms with van der Waals surface area (Å²) in [7, 11) is 1.47. The number of ether oxygens (including phenoxy) is 1. The van der Waals surface area contributed by atoms with Gasteiger partial charge in [-0.15, -0.1) is 0 Å². The van der Waals surface area contributed by atoms with Crippen molar-refractivity contribution < 1.29 is 9.53 Å². The summed E-state index contributed by atoms with van der Waals surface area (Å²) >= 11 is 0. The SMILES string of the molecule is COc1ccc(C(N)=O)c(N)c1N. The molecule has 0 aromatic heterocycles. The summed E-state index contributed by atoms with van der Waals surface area (Å²) in [5.74, 6) is -0.172. The molecule has 0 aliphatic rings. The van der Waals surface area contributed by atoms with Crippen LogP contribution in [0.1, 0.15) is 10.4 Å². The molecule has 0 saturated heterocycles. The first-order chi connectivity index (χ1) is 6.07. The number of rotatable bonds is 2. The Kier molecular flexibility index (Phi) is 2.27. The molecule has 0 aliphatic carbocycles. The van der Waals surface area contributed by atoms with Gasteiger partial charge in [-0.1, -0.05) is 0 Å². The minimum atomic E-state index is -0.605. The molecule has 1 aromatic rings. The molecular weight excluding hydrogens is 170 g/mol. The van der Waals surface area contributed by atoms with Crippen LogP contribution in [-0.4, -0.2) is 13.0 Å². The number of carbonyl (C=O) groups excluding carboxylic acids is 1. The third-order valence-corrected chi connectivity index (χ3v) is 1.73. The van der Waals surface area contributed by atoms with Gasteiger partial charge < -0.3 is 21.9 Å². The van der Waals surface area contributed by atoms with Gasteiger partial charge in [0.2, 0.25) is 0 Å². The van der Waals surface area contributed by atoms with Crippen molar-refractivity contribution >= 4 is 17.3 Å². The highest BCUT2D eigenvalue weighted by atomic mass is 16.5. The van der Waals surface area contributed by atoms with Gasteiger partial charge >= 0.3 is 0 Å². The van der Waals surface area contributed by atoms with E-state index in [1.807, 2.05) is 0 Å². The second-order valence-corrected chi connectivity index (χ2v) is 2.51. The van der Waals surface area contributed by atoms with E-state index in [1.165, 1.54) is 13.2 Å². The van der Waals surface area contributed by atoms with Gasteiger partial charge in [-0.25, -0.2) is 0 Å². The average molecular weight is 181 g/mol. The Labute approximate surface area is 75.5 Å². The predicted molar refractivity (Wildman–Crippen MR) is 50.3 cm³/mol. The smallest absolute Gasteiger partial charge is 0.250 e. The molecule has 0 heterocycles. The van der Waals surface area contributed by atoms with E-state index in [0.29, 0.717) is 5.75 Å². The van der Waals surface area contributed by atoms with Crippen LogP contribution in [0.4, 0.5) is 11.4 Å². The normalized spacial score (nSPS) is 9.62. The number of nitrogens with two attached hydrogens (primary N) is 3. The standard InChI is InChI=1S/C8H11N3O2/c1-13-5-3-2-4(8(11)12)6(9)7(5)10/h2-3H,9-10H2,1H3,(H2,11,12). The van der Waals surface area contributed by atoms with Crippen LogP contribution in [-0.2, 0) is 0 Å². The summed E-state index contributed by atoms with van der Waals surface area (Å²) in [4.78, 5) is 10.8. The van der Waals surface area contributed by atoms with E-state index in [4.69, 9.17) is 21.9 Å². The summed E-state index contributed by atoms with van der Waals surface area (Å²) in [5, 5.41) is 0. The fourth-order valence-electron chi connectivity index (χ4n) is 1.01. The number of hydrogen-bond donors (Lipinski definition) is 3. The van der Waals surface area contributed by atoms with Gasteiger partial charge in [0.1, 0.15) is 5.75 Å². The lowest BCUT2D eigenvalue weighted by Gasteiger charge is -2.09. The second kappa shape index (κ2) is 3.22. The van der Waals surface area contributed by atoms with E-state index in [9.17, 15) is 4.79 Å². The van der Waals surface area contributed by atoms with Crippen LogP contribution in [0, 0.1) is 0 Å². The maximum Gasteiger partial charge on any atom is 0.250 e. The van der Waals surface area contributed by atoms with Crippen LogP contribution >= 0.6 is 0 Å². The molecule has 5 nitrogen and oxygen atoms in total. The summed E-state index contributed by atoms with van der Waals surface area (Å²) in [6.45, 7) is 0. The molecule has 0 unspecified atom stereocenters. The van der Waals surface area contributed by atoms with Gasteiger partial charge in [-0.3, -0.25) is 4.79 Å². The number of amides is 1. The highest BCUT2D eigenvalue weighted by Gasteiger charge is 2.11. The first-order valence-electron chi connectivity index (χ1n) is 3.59. The first-order valence-corrected chi connectivity index (χ1v) is 3.59. The highest BCUT2D eigenvalue weighted by Crippen LogP contribution is 2.29. The van der Waals surface area contributed by atoms with Gasteiger partial charge in [0.05, 0.1) is 24.0 Å². The van der Waals surface area contributed by atoms with Crippen molar-refractivity contribution in [3.8, 4) is 5.75 Å². The van der Waals surface area contributed by atoms with Gasteiger partial charge in [0.15, 0.2) is 0 Å². The van der Waals surface area contributed by atoms with E-state index in [-0.39, 0.29) is 16.9 Å². The lowest BCUT2D eigenvalue weighted by Crippen LogP contribution is -2.14. The largest absolute Gasteiger partial charge is 0.495 e. The molecule has 70 valence electrons. The third kappa shape index (κ3) is 1.48. The quantitative estimate of drug-likeness (QED) is 0.556. The first kappa shape index (κ1) is 9.18. The third-order valence-electron chi connectivity index (χ3n) is 1.73. The molecule has 13 heavy (non-hydrogen) atoms. The Morgan fingerprint density at radius 1 is 1.31 bits per heavy atom. The number of anilines is 2. The van der Waals surface area contributed by atoms with Gasteiger partial charge in [0, 0.05) is 0 Å². The van der Waals surface area contributed by atoms with Crippen molar-refractivity contribution in [3.05, 3.63) is 17.7 Å². The number of benzene rings is 1. The topological polar surface area (TPSA) is 104 Å². The van der Waals surface area contributed by atoms with Gasteiger partial charge in [0.25, 0.3) is 5.91 Å². The summed E-state index contributed by atoms with van der Waals surface area (Å²) in [6.07, 6.45) is 0. The molecule has 1 aromatic carbocycles. The van der Waals surface area contributed by atoms with Crippen molar-refractivity contribution in [1.82, 2.24) is 0 Å². The molecule has 1 rings (SSSR count). The van der Waals surface area contributed by atoms with E-state index in [1.54, 1.807) is 6.07 Å². The summed E-state index contributed by atoms with van der Waals surface area (Å²) in [5.41, 5.74) is 16.8. The lowest BCUT2D eigenvalue weighted by molar-refractivity contribution is 0.100. The van der Waals surface area contributed by atoms with Crippen molar-refractivity contribution in [2.24, 2.45) is 5.73 Å². The number of nitrogen functional groups attached to an aromatic ring is 2. The zero-order valence-electron chi connectivity index (χ0n) is 7.20. The van der Waals surface area contributed by atoms with E-state index >= 15 is 0 Å². The van der Waals surface area contributed by atoms with E-state index in [0.717, 1.165) is 0 Å². The Morgan fingerprint density at radius 3 is 2.38 bits per heavy atom. The van der Waals surface area contributed by atoms with Crippen molar-refractivity contribution in [2.45, 2.75) is 0 Å². The predicted octanol–water partition coefficient (Wildman–Crippen LogP) is -0.0415. The van der Waals surface area contributed by atoms with Crippen LogP contribution in [0.3, 0.4) is 0 Å². The number of hydrogen-bond acceptors (Lipinski definition) is 4. The highest BCUT2D eigenvalue weighted by molar-refractivity contribution is 6.01.